The molecule has 0 radical (unpaired) electrons. The third-order valence-electron chi connectivity index (χ3n) is 4.61. The Kier molecular flexibility index (Phi) is 3.45. The average molecular weight is 317 g/mol. The summed E-state index contributed by atoms with van der Waals surface area (Å²) in [6, 6.07) is 0.0369. The number of halogens is 1. The maximum Gasteiger partial charge on any atom is 0.227 e. The van der Waals surface area contributed by atoms with Crippen molar-refractivity contribution in [2.75, 3.05) is 23.3 Å². The zero-order valence-electron chi connectivity index (χ0n) is 12.8. The first-order valence-electron chi connectivity index (χ1n) is 8.10. The molecule has 1 atom stereocenters. The zero-order chi connectivity index (χ0) is 16.0. The van der Waals surface area contributed by atoms with E-state index >= 15 is 0 Å². The van der Waals surface area contributed by atoms with Crippen molar-refractivity contribution in [3.05, 3.63) is 18.2 Å². The molecule has 1 saturated heterocycles. The van der Waals surface area contributed by atoms with Crippen molar-refractivity contribution >= 4 is 28.3 Å². The number of rotatable bonds is 3. The third kappa shape index (κ3) is 2.65. The summed E-state index contributed by atoms with van der Waals surface area (Å²) in [6.45, 7) is 1.36. The summed E-state index contributed by atoms with van der Waals surface area (Å²) in [5.74, 6) is -0.294. The Morgan fingerprint density at radius 1 is 1.43 bits per heavy atom. The molecule has 7 heteroatoms. The van der Waals surface area contributed by atoms with Gasteiger partial charge in [-0.15, -0.1) is 0 Å². The molecule has 2 aliphatic rings. The Labute approximate surface area is 133 Å². The Morgan fingerprint density at radius 3 is 3.00 bits per heavy atom. The van der Waals surface area contributed by atoms with Crippen molar-refractivity contribution in [3.63, 3.8) is 0 Å². The molecular weight excluding hydrogens is 297 g/mol. The van der Waals surface area contributed by atoms with Crippen LogP contribution in [0.15, 0.2) is 12.4 Å². The van der Waals surface area contributed by atoms with Crippen LogP contribution in [0.1, 0.15) is 25.7 Å². The van der Waals surface area contributed by atoms with Gasteiger partial charge in [0.15, 0.2) is 5.82 Å². The van der Waals surface area contributed by atoms with E-state index < -0.39 is 0 Å². The minimum absolute atomic E-state index is 0.00328. The van der Waals surface area contributed by atoms with Crippen molar-refractivity contribution in [3.8, 4) is 0 Å². The summed E-state index contributed by atoms with van der Waals surface area (Å²) in [5.41, 5.74) is 7.70. The monoisotopic (exact) mass is 317 g/mol. The summed E-state index contributed by atoms with van der Waals surface area (Å²) in [4.78, 5) is 21.2. The molecule has 0 aromatic carbocycles. The number of aromatic amines is 1. The molecule has 1 amide bonds. The number of nitrogens with zero attached hydrogens (tertiary/aromatic N) is 2. The molecule has 2 aromatic rings. The van der Waals surface area contributed by atoms with E-state index in [-0.39, 0.29) is 23.7 Å². The van der Waals surface area contributed by atoms with E-state index in [4.69, 9.17) is 5.73 Å². The van der Waals surface area contributed by atoms with Crippen LogP contribution >= 0.6 is 0 Å². The first-order valence-corrected chi connectivity index (χ1v) is 8.10. The second kappa shape index (κ2) is 5.49. The molecule has 1 saturated carbocycles. The second-order valence-electron chi connectivity index (χ2n) is 6.49. The third-order valence-corrected chi connectivity index (χ3v) is 4.61. The van der Waals surface area contributed by atoms with E-state index in [1.54, 1.807) is 6.20 Å². The maximum absolute atomic E-state index is 14.5. The van der Waals surface area contributed by atoms with Crippen molar-refractivity contribution in [1.29, 1.82) is 0 Å². The van der Waals surface area contributed by atoms with Crippen LogP contribution in [-0.4, -0.2) is 35.0 Å². The van der Waals surface area contributed by atoms with Crippen molar-refractivity contribution in [2.24, 2.45) is 11.7 Å². The summed E-state index contributed by atoms with van der Waals surface area (Å²) in [7, 11) is 0. The second-order valence-corrected chi connectivity index (χ2v) is 6.49. The molecule has 2 fully saturated rings. The minimum Gasteiger partial charge on any atom is -0.367 e. The number of nitrogens with two attached hydrogens (primary N) is 1. The topological polar surface area (TPSA) is 87.0 Å². The highest BCUT2D eigenvalue weighted by Crippen LogP contribution is 2.37. The van der Waals surface area contributed by atoms with Gasteiger partial charge in [-0.2, -0.15) is 0 Å². The fourth-order valence-electron chi connectivity index (χ4n) is 3.26. The quantitative estimate of drug-likeness (QED) is 0.808. The molecule has 23 heavy (non-hydrogen) atoms. The van der Waals surface area contributed by atoms with Crippen LogP contribution in [-0.2, 0) is 4.79 Å². The molecule has 1 aliphatic carbocycles. The van der Waals surface area contributed by atoms with Crippen molar-refractivity contribution in [2.45, 2.75) is 31.7 Å². The smallest absolute Gasteiger partial charge is 0.227 e. The van der Waals surface area contributed by atoms with Gasteiger partial charge in [0.05, 0.1) is 23.0 Å². The van der Waals surface area contributed by atoms with E-state index in [0.29, 0.717) is 29.0 Å². The summed E-state index contributed by atoms with van der Waals surface area (Å²) < 4.78 is 14.5. The lowest BCUT2D eigenvalue weighted by atomic mass is 10.1. The number of fused-ring (bicyclic) bond motifs is 1. The van der Waals surface area contributed by atoms with E-state index in [0.717, 1.165) is 32.2 Å². The number of carbonyl (C=O) groups excluding carboxylic acids is 1. The van der Waals surface area contributed by atoms with Gasteiger partial charge in [0.2, 0.25) is 5.91 Å². The number of nitrogens with one attached hydrogen (secondary N) is 2. The lowest BCUT2D eigenvalue weighted by Gasteiger charge is -2.33. The Balaban J connectivity index is 1.76. The highest BCUT2D eigenvalue weighted by molar-refractivity contribution is 6.07. The Bertz CT molecular complexity index is 754. The van der Waals surface area contributed by atoms with E-state index in [9.17, 15) is 9.18 Å². The van der Waals surface area contributed by atoms with Gasteiger partial charge in [0.1, 0.15) is 5.65 Å². The Morgan fingerprint density at radius 2 is 2.26 bits per heavy atom. The number of anilines is 2. The zero-order valence-corrected chi connectivity index (χ0v) is 12.8. The van der Waals surface area contributed by atoms with Crippen LogP contribution < -0.4 is 16.0 Å². The summed E-state index contributed by atoms with van der Waals surface area (Å²) >= 11 is 0. The van der Waals surface area contributed by atoms with Crippen LogP contribution in [0.4, 0.5) is 15.8 Å². The molecule has 4 rings (SSSR count). The molecular formula is C16H20FN5O. The lowest BCUT2D eigenvalue weighted by molar-refractivity contribution is -0.117. The van der Waals surface area contributed by atoms with Crippen LogP contribution in [0.2, 0.25) is 0 Å². The number of hydrogen-bond acceptors (Lipinski definition) is 4. The van der Waals surface area contributed by atoms with Crippen molar-refractivity contribution < 1.29 is 9.18 Å². The van der Waals surface area contributed by atoms with Gasteiger partial charge >= 0.3 is 0 Å². The highest BCUT2D eigenvalue weighted by atomic mass is 19.1. The number of piperidine rings is 1. The van der Waals surface area contributed by atoms with E-state index in [1.165, 1.54) is 6.20 Å². The molecule has 2 aromatic heterocycles. The maximum atomic E-state index is 14.5. The average Bonchev–Trinajstić information content (AvgIpc) is 3.31. The van der Waals surface area contributed by atoms with Gasteiger partial charge in [0, 0.05) is 31.2 Å². The van der Waals surface area contributed by atoms with Crippen molar-refractivity contribution in [1.82, 2.24) is 9.97 Å². The fraction of sp³-hybridized carbons (Fsp3) is 0.500. The fourth-order valence-corrected chi connectivity index (χ4v) is 3.26. The first-order chi connectivity index (χ1) is 11.1. The molecule has 4 N–H and O–H groups in total. The molecule has 122 valence electrons. The van der Waals surface area contributed by atoms with Crippen LogP contribution in [0.3, 0.4) is 0 Å². The summed E-state index contributed by atoms with van der Waals surface area (Å²) in [5, 5.41) is 3.54. The van der Waals surface area contributed by atoms with Gasteiger partial charge < -0.3 is 20.9 Å². The van der Waals surface area contributed by atoms with Gasteiger partial charge in [-0.3, -0.25) is 4.79 Å². The van der Waals surface area contributed by atoms with E-state index in [2.05, 4.69) is 15.3 Å². The normalized spacial score (nSPS) is 21.7. The van der Waals surface area contributed by atoms with Gasteiger partial charge in [-0.25, -0.2) is 9.37 Å². The molecule has 6 nitrogen and oxygen atoms in total. The van der Waals surface area contributed by atoms with Gasteiger partial charge in [0.25, 0.3) is 0 Å². The number of H-pyrrole nitrogens is 1. The number of hydrogen-bond donors (Lipinski definition) is 3. The number of pyridine rings is 1. The van der Waals surface area contributed by atoms with Gasteiger partial charge in [-0.05, 0) is 25.7 Å². The van der Waals surface area contributed by atoms with Crippen LogP contribution in [0.25, 0.3) is 11.0 Å². The largest absolute Gasteiger partial charge is 0.367 e. The molecule has 0 unspecified atom stereocenters. The number of amides is 1. The number of carbonyl (C=O) groups is 1. The minimum atomic E-state index is -0.381. The highest BCUT2D eigenvalue weighted by Gasteiger charge is 2.31. The molecule has 1 aliphatic heterocycles. The predicted octanol–water partition coefficient (Wildman–Crippen LogP) is 1.98. The molecule has 3 heterocycles. The Hall–Kier alpha value is -2.15. The standard InChI is InChI=1S/C16H20FN5O/c17-11-6-19-15-13(14(11)22-5-1-2-10(18)8-22)12(7-20-15)21-16(23)9-3-4-9/h6-7,9-10H,1-5,8,18H2,(H,19,20)(H,21,23)/t10-/m1/s1. The van der Waals surface area contributed by atoms with Gasteiger partial charge in [-0.1, -0.05) is 0 Å². The molecule has 0 spiro atoms. The lowest BCUT2D eigenvalue weighted by Crippen LogP contribution is -2.43. The SMILES string of the molecule is N[C@@H]1CCCN(c2c(F)cnc3[nH]cc(NC(=O)C4CC4)c23)C1. The summed E-state index contributed by atoms with van der Waals surface area (Å²) in [6.07, 6.45) is 6.64. The predicted molar refractivity (Wildman–Crippen MR) is 86.8 cm³/mol. The molecule has 0 bridgehead atoms. The van der Waals surface area contributed by atoms with Crippen LogP contribution in [0, 0.1) is 11.7 Å². The number of aromatic nitrogens is 2. The van der Waals surface area contributed by atoms with Crippen LogP contribution in [0.5, 0.6) is 0 Å². The first kappa shape index (κ1) is 14.4. The van der Waals surface area contributed by atoms with E-state index in [1.807, 2.05) is 4.90 Å².